The summed E-state index contributed by atoms with van der Waals surface area (Å²) in [7, 11) is 3.19. The van der Waals surface area contributed by atoms with E-state index in [1.165, 1.54) is 11.3 Å². The number of hydrogen-bond acceptors (Lipinski definition) is 7. The number of methoxy groups -OCH3 is 2. The van der Waals surface area contributed by atoms with E-state index in [4.69, 9.17) is 9.47 Å². The highest BCUT2D eigenvalue weighted by Crippen LogP contribution is 2.34. The first-order chi connectivity index (χ1) is 15.5. The standard InChI is InChI=1S/C23H24N4O4S/c1-14-8-9-19(31-3)17(10-14)27-13-16(12-21(27)28)22(29)24-23-26-25-20(32-23)11-15-6-4-5-7-18(15)30-2/h4-10,16H,11-13H2,1-3H3,(H,24,26,29). The van der Waals surface area contributed by atoms with Crippen molar-refractivity contribution in [2.45, 2.75) is 19.8 Å². The van der Waals surface area contributed by atoms with Crippen molar-refractivity contribution in [1.82, 2.24) is 10.2 Å². The molecule has 9 heteroatoms. The van der Waals surface area contributed by atoms with Crippen molar-refractivity contribution in [1.29, 1.82) is 0 Å². The fraction of sp³-hybridized carbons (Fsp3) is 0.304. The third-order valence-electron chi connectivity index (χ3n) is 5.35. The Balaban J connectivity index is 1.42. The third kappa shape index (κ3) is 4.57. The molecule has 2 amide bonds. The quantitative estimate of drug-likeness (QED) is 0.590. The van der Waals surface area contributed by atoms with Crippen molar-refractivity contribution in [3.05, 3.63) is 58.6 Å². The summed E-state index contributed by atoms with van der Waals surface area (Å²) >= 11 is 1.31. The van der Waals surface area contributed by atoms with Crippen LogP contribution in [0, 0.1) is 12.8 Å². The van der Waals surface area contributed by atoms with Crippen molar-refractivity contribution in [3.8, 4) is 11.5 Å². The third-order valence-corrected chi connectivity index (χ3v) is 6.19. The number of aryl methyl sites for hydroxylation is 1. The average molecular weight is 453 g/mol. The number of ether oxygens (including phenoxy) is 2. The molecule has 0 radical (unpaired) electrons. The van der Waals surface area contributed by atoms with E-state index in [1.54, 1.807) is 19.1 Å². The van der Waals surface area contributed by atoms with Gasteiger partial charge in [0.25, 0.3) is 0 Å². The molecule has 4 rings (SSSR count). The maximum absolute atomic E-state index is 12.8. The molecule has 1 atom stereocenters. The molecule has 0 aliphatic carbocycles. The van der Waals surface area contributed by atoms with Gasteiger partial charge in [0, 0.05) is 24.9 Å². The van der Waals surface area contributed by atoms with Crippen molar-refractivity contribution in [2.75, 3.05) is 31.0 Å². The molecule has 166 valence electrons. The Morgan fingerprint density at radius 2 is 1.94 bits per heavy atom. The topological polar surface area (TPSA) is 93.7 Å². The lowest BCUT2D eigenvalue weighted by molar-refractivity contribution is -0.122. The lowest BCUT2D eigenvalue weighted by Crippen LogP contribution is -2.28. The van der Waals surface area contributed by atoms with Gasteiger partial charge in [-0.3, -0.25) is 9.59 Å². The van der Waals surface area contributed by atoms with Gasteiger partial charge in [0.15, 0.2) is 0 Å². The first kappa shape index (κ1) is 21.8. The highest BCUT2D eigenvalue weighted by molar-refractivity contribution is 7.15. The number of nitrogens with zero attached hydrogens (tertiary/aromatic N) is 3. The molecule has 2 heterocycles. The van der Waals surface area contributed by atoms with Crippen LogP contribution < -0.4 is 19.7 Å². The second-order valence-corrected chi connectivity index (χ2v) is 8.62. The number of aromatic nitrogens is 2. The smallest absolute Gasteiger partial charge is 0.231 e. The summed E-state index contributed by atoms with van der Waals surface area (Å²) in [6.07, 6.45) is 0.691. The molecular formula is C23H24N4O4S. The van der Waals surface area contributed by atoms with E-state index in [0.29, 0.717) is 23.0 Å². The van der Waals surface area contributed by atoms with Crippen molar-refractivity contribution < 1.29 is 19.1 Å². The Kier molecular flexibility index (Phi) is 6.36. The summed E-state index contributed by atoms with van der Waals surface area (Å²) < 4.78 is 10.8. The fourth-order valence-corrected chi connectivity index (χ4v) is 4.49. The molecule has 1 saturated heterocycles. The Labute approximate surface area is 190 Å². The van der Waals surface area contributed by atoms with Gasteiger partial charge in [0.05, 0.1) is 25.8 Å². The predicted octanol–water partition coefficient (Wildman–Crippen LogP) is 3.45. The fourth-order valence-electron chi connectivity index (χ4n) is 3.72. The number of nitrogens with one attached hydrogen (secondary N) is 1. The summed E-state index contributed by atoms with van der Waals surface area (Å²) in [6.45, 7) is 2.24. The van der Waals surface area contributed by atoms with Gasteiger partial charge < -0.3 is 19.7 Å². The first-order valence-corrected chi connectivity index (χ1v) is 11.0. The summed E-state index contributed by atoms with van der Waals surface area (Å²) in [4.78, 5) is 27.1. The second kappa shape index (κ2) is 9.35. The number of hydrogen-bond donors (Lipinski definition) is 1. The van der Waals surface area contributed by atoms with Crippen LogP contribution >= 0.6 is 11.3 Å². The van der Waals surface area contributed by atoms with Gasteiger partial charge in [-0.05, 0) is 30.7 Å². The zero-order valence-electron chi connectivity index (χ0n) is 18.1. The Hall–Kier alpha value is -3.46. The van der Waals surface area contributed by atoms with Crippen LogP contribution in [0.15, 0.2) is 42.5 Å². The molecule has 0 bridgehead atoms. The zero-order valence-corrected chi connectivity index (χ0v) is 18.9. The van der Waals surface area contributed by atoms with Crippen LogP contribution in [0.25, 0.3) is 0 Å². The highest BCUT2D eigenvalue weighted by atomic mass is 32.1. The molecular weight excluding hydrogens is 428 g/mol. The number of benzene rings is 2. The van der Waals surface area contributed by atoms with Crippen LogP contribution in [0.2, 0.25) is 0 Å². The van der Waals surface area contributed by atoms with E-state index in [1.807, 2.05) is 49.4 Å². The number of para-hydroxylation sites is 1. The highest BCUT2D eigenvalue weighted by Gasteiger charge is 2.36. The summed E-state index contributed by atoms with van der Waals surface area (Å²) in [6, 6.07) is 13.4. The molecule has 2 aromatic carbocycles. The first-order valence-electron chi connectivity index (χ1n) is 10.2. The molecule has 32 heavy (non-hydrogen) atoms. The maximum Gasteiger partial charge on any atom is 0.231 e. The molecule has 0 saturated carbocycles. The van der Waals surface area contributed by atoms with E-state index in [0.717, 1.165) is 21.9 Å². The molecule has 1 fully saturated rings. The molecule has 1 N–H and O–H groups in total. The monoisotopic (exact) mass is 452 g/mol. The molecule has 3 aromatic rings. The molecule has 1 aliphatic rings. The number of anilines is 2. The lowest BCUT2D eigenvalue weighted by Gasteiger charge is -2.20. The van der Waals surface area contributed by atoms with Gasteiger partial charge in [0.1, 0.15) is 16.5 Å². The van der Waals surface area contributed by atoms with Gasteiger partial charge in [-0.15, -0.1) is 10.2 Å². The summed E-state index contributed by atoms with van der Waals surface area (Å²) in [5.74, 6) is 0.560. The molecule has 1 unspecified atom stereocenters. The van der Waals surface area contributed by atoms with Gasteiger partial charge >= 0.3 is 0 Å². The minimum atomic E-state index is -0.478. The van der Waals surface area contributed by atoms with Gasteiger partial charge in [0.2, 0.25) is 16.9 Å². The maximum atomic E-state index is 12.8. The van der Waals surface area contributed by atoms with Gasteiger partial charge in [-0.1, -0.05) is 35.6 Å². The van der Waals surface area contributed by atoms with E-state index < -0.39 is 5.92 Å². The van der Waals surface area contributed by atoms with Crippen molar-refractivity contribution >= 4 is 34.0 Å². The number of carbonyl (C=O) groups is 2. The Morgan fingerprint density at radius 1 is 1.16 bits per heavy atom. The lowest BCUT2D eigenvalue weighted by atomic mass is 10.1. The van der Waals surface area contributed by atoms with Gasteiger partial charge in [-0.25, -0.2) is 0 Å². The predicted molar refractivity (Wildman–Crippen MR) is 123 cm³/mol. The van der Waals surface area contributed by atoms with Crippen molar-refractivity contribution in [2.24, 2.45) is 5.92 Å². The van der Waals surface area contributed by atoms with E-state index in [9.17, 15) is 9.59 Å². The summed E-state index contributed by atoms with van der Waals surface area (Å²) in [5, 5.41) is 12.3. The van der Waals surface area contributed by atoms with Crippen molar-refractivity contribution in [3.63, 3.8) is 0 Å². The Bertz CT molecular complexity index is 1150. The number of carbonyl (C=O) groups excluding carboxylic acids is 2. The Morgan fingerprint density at radius 3 is 2.72 bits per heavy atom. The van der Waals surface area contributed by atoms with E-state index >= 15 is 0 Å². The SMILES string of the molecule is COc1ccccc1Cc1nnc(NC(=O)C2CC(=O)N(c3cc(C)ccc3OC)C2)s1. The van der Waals surface area contributed by atoms with Crippen LogP contribution in [0.3, 0.4) is 0 Å². The van der Waals surface area contributed by atoms with E-state index in [-0.39, 0.29) is 24.8 Å². The van der Waals surface area contributed by atoms with Gasteiger partial charge in [-0.2, -0.15) is 0 Å². The van der Waals surface area contributed by atoms with Crippen LogP contribution in [0.5, 0.6) is 11.5 Å². The minimum absolute atomic E-state index is 0.108. The normalized spacial score (nSPS) is 15.7. The van der Waals surface area contributed by atoms with Crippen LogP contribution in [-0.2, 0) is 16.0 Å². The molecule has 1 aliphatic heterocycles. The largest absolute Gasteiger partial charge is 0.496 e. The van der Waals surface area contributed by atoms with Crippen LogP contribution in [-0.4, -0.2) is 42.8 Å². The molecule has 1 aromatic heterocycles. The number of rotatable bonds is 7. The van der Waals surface area contributed by atoms with E-state index in [2.05, 4.69) is 15.5 Å². The van der Waals surface area contributed by atoms with Crippen LogP contribution in [0.4, 0.5) is 10.8 Å². The molecule has 0 spiro atoms. The minimum Gasteiger partial charge on any atom is -0.496 e. The second-order valence-electron chi connectivity index (χ2n) is 7.56. The summed E-state index contributed by atoms with van der Waals surface area (Å²) in [5.41, 5.74) is 2.69. The van der Waals surface area contributed by atoms with Crippen LogP contribution in [0.1, 0.15) is 22.6 Å². The number of amides is 2. The zero-order chi connectivity index (χ0) is 22.7. The average Bonchev–Trinajstić information content (AvgIpc) is 3.40. The molecule has 8 nitrogen and oxygen atoms in total.